The van der Waals surface area contributed by atoms with Gasteiger partial charge in [-0.15, -0.1) is 11.3 Å². The number of hydrogen-bond acceptors (Lipinski definition) is 13. The normalized spacial score (nSPS) is 22.2. The minimum atomic E-state index is -1.25. The van der Waals surface area contributed by atoms with E-state index in [-0.39, 0.29) is 42.5 Å². The Morgan fingerprint density at radius 2 is 1.67 bits per heavy atom. The summed E-state index contributed by atoms with van der Waals surface area (Å²) in [6.07, 6.45) is 6.85. The summed E-state index contributed by atoms with van der Waals surface area (Å²) in [7, 11) is 0. The molecule has 0 aliphatic carbocycles. The van der Waals surface area contributed by atoms with E-state index in [1.165, 1.54) is 23.5 Å². The molecular weight excluding hydrogens is 907 g/mol. The smallest absolute Gasteiger partial charge is 0.249 e. The second-order valence-corrected chi connectivity index (χ2v) is 20.6. The molecule has 0 saturated carbocycles. The Morgan fingerprint density at radius 1 is 0.899 bits per heavy atom. The van der Waals surface area contributed by atoms with Crippen LogP contribution in [0, 0.1) is 17.0 Å². The maximum absolute atomic E-state index is 16.0. The van der Waals surface area contributed by atoms with E-state index in [9.17, 15) is 29.4 Å². The molecule has 0 radical (unpaired) electrons. The molecule has 8 heterocycles. The molecule has 3 atom stereocenters. The summed E-state index contributed by atoms with van der Waals surface area (Å²) in [5.74, 6) is -2.10. The van der Waals surface area contributed by atoms with Crippen LogP contribution in [0.15, 0.2) is 72.5 Å². The Bertz CT molecular complexity index is 2800. The van der Waals surface area contributed by atoms with E-state index in [1.54, 1.807) is 34.9 Å². The molecule has 2 unspecified atom stereocenters. The van der Waals surface area contributed by atoms with Gasteiger partial charge >= 0.3 is 0 Å². The minimum Gasteiger partial charge on any atom is -0.389 e. The summed E-state index contributed by atoms with van der Waals surface area (Å²) in [5.41, 5.74) is 4.43. The van der Waals surface area contributed by atoms with E-state index < -0.39 is 41.5 Å². The molecular formula is C50H54F2N10O6S. The maximum Gasteiger partial charge on any atom is 0.249 e. The quantitative estimate of drug-likeness (QED) is 0.105. The highest BCUT2D eigenvalue weighted by molar-refractivity contribution is 7.13. The molecule has 3 aromatic carbocycles. The molecule has 0 bridgehead atoms. The van der Waals surface area contributed by atoms with Crippen LogP contribution >= 0.6 is 11.3 Å². The average molecular weight is 961 g/mol. The molecule has 360 valence electrons. The number of anilines is 4. The first-order valence-corrected chi connectivity index (χ1v) is 24.7. The Kier molecular flexibility index (Phi) is 11.7. The fourth-order valence-corrected chi connectivity index (χ4v) is 11.8. The fourth-order valence-electron chi connectivity index (χ4n) is 11.3. The number of aryl methyl sites for hydroxylation is 1. The summed E-state index contributed by atoms with van der Waals surface area (Å²) in [6.45, 7) is 4.56. The van der Waals surface area contributed by atoms with Crippen molar-refractivity contribution in [3.8, 4) is 11.1 Å². The first-order chi connectivity index (χ1) is 33.3. The molecule has 11 rings (SSSR count). The number of carbonyl (C=O) groups is 4. The third-order valence-electron chi connectivity index (χ3n) is 15.3. The number of imide groups is 1. The number of nitrogens with one attached hydrogen (secondary N) is 3. The van der Waals surface area contributed by atoms with Gasteiger partial charge in [-0.2, -0.15) is 0 Å². The average Bonchev–Trinajstić information content (AvgIpc) is 4.15. The van der Waals surface area contributed by atoms with E-state index in [4.69, 9.17) is 0 Å². The zero-order valence-electron chi connectivity index (χ0n) is 38.0. The van der Waals surface area contributed by atoms with Gasteiger partial charge in [0.15, 0.2) is 5.13 Å². The molecule has 16 nitrogen and oxygen atoms in total. The lowest BCUT2D eigenvalue weighted by Gasteiger charge is -2.55. The molecule has 4 fully saturated rings. The fraction of sp³-hybridized carbons (Fsp3) is 0.440. The van der Waals surface area contributed by atoms with Gasteiger partial charge in [0.05, 0.1) is 29.7 Å². The number of aromatic nitrogens is 3. The number of benzene rings is 3. The molecule has 2 aromatic heterocycles. The van der Waals surface area contributed by atoms with Gasteiger partial charge in [0.25, 0.3) is 0 Å². The van der Waals surface area contributed by atoms with Gasteiger partial charge in [-0.25, -0.2) is 18.7 Å². The highest BCUT2D eigenvalue weighted by Gasteiger charge is 2.48. The summed E-state index contributed by atoms with van der Waals surface area (Å²) in [5, 5.41) is 33.7. The topological polar surface area (TPSA) is 188 Å². The van der Waals surface area contributed by atoms with Crippen molar-refractivity contribution in [3.63, 3.8) is 0 Å². The number of imidazole rings is 1. The van der Waals surface area contributed by atoms with E-state index in [0.717, 1.165) is 62.3 Å². The van der Waals surface area contributed by atoms with Crippen molar-refractivity contribution < 1.29 is 38.2 Å². The number of aliphatic hydroxyl groups is 2. The van der Waals surface area contributed by atoms with Crippen LogP contribution in [-0.2, 0) is 38.7 Å². The third kappa shape index (κ3) is 8.74. The highest BCUT2D eigenvalue weighted by atomic mass is 32.1. The Morgan fingerprint density at radius 3 is 2.39 bits per heavy atom. The standard InChI is InChI=1S/C50H54F2N10O6S/c51-36-23-31(22-34-35(36)26-62(47(34)67)44(46(66)57-48-53-15-21-69-48)43-40-2-1-16-60(40)29-54-43)30-3-6-33(7-4-30)58-17-11-49(12-18-58)27-61(28-49)42(64)25-50(68)13-19-59(20-14-50)39-9-5-32(24-37(39)52)55-38-8-10-41(63)56-45(38)65/h3-7,9,15,21-24,29,38,44,47,55,67-68H,1-2,8,10-14,16-20,25-28H2,(H,53,57,66)(H,56,63,65)/t38-,44?,47?/m0/s1. The summed E-state index contributed by atoms with van der Waals surface area (Å²) < 4.78 is 33.4. The molecule has 1 spiro atoms. The van der Waals surface area contributed by atoms with Crippen LogP contribution < -0.4 is 25.8 Å². The Balaban J connectivity index is 0.669. The Hall–Kier alpha value is -6.28. The van der Waals surface area contributed by atoms with E-state index in [2.05, 4.69) is 30.8 Å². The lowest BCUT2D eigenvalue weighted by atomic mass is 9.71. The van der Waals surface area contributed by atoms with Crippen LogP contribution in [-0.4, -0.2) is 109 Å². The van der Waals surface area contributed by atoms with Crippen molar-refractivity contribution in [2.75, 3.05) is 59.7 Å². The Labute approximate surface area is 401 Å². The van der Waals surface area contributed by atoms with Gasteiger partial charge < -0.3 is 40.1 Å². The predicted molar refractivity (Wildman–Crippen MR) is 254 cm³/mol. The van der Waals surface area contributed by atoms with E-state index in [0.29, 0.717) is 84.3 Å². The molecule has 4 saturated heterocycles. The van der Waals surface area contributed by atoms with Crippen LogP contribution in [0.5, 0.6) is 0 Å². The number of carbonyl (C=O) groups excluding carboxylic acids is 4. The summed E-state index contributed by atoms with van der Waals surface area (Å²) >= 11 is 1.29. The maximum atomic E-state index is 16.0. The monoisotopic (exact) mass is 960 g/mol. The SMILES string of the molecule is O=C1CC[C@H](Nc2ccc(N3CCC(O)(CC(=O)N4CC5(CCN(c6ccc(-c7cc(F)c8c(c7)C(O)N(C(C(=O)Nc7nccs7)c7ncn9c7CCC9)C8)cc6)CC5)C4)CC3)c(F)c2)C(=O)N1. The van der Waals surface area contributed by atoms with Gasteiger partial charge in [-0.3, -0.25) is 29.4 Å². The number of nitrogens with zero attached hydrogens (tertiary/aromatic N) is 7. The number of aliphatic hydroxyl groups excluding tert-OH is 1. The van der Waals surface area contributed by atoms with Crippen LogP contribution in [0.1, 0.15) is 86.2 Å². The van der Waals surface area contributed by atoms with Crippen LogP contribution in [0.3, 0.4) is 0 Å². The molecule has 4 amide bonds. The number of piperidine rings is 3. The predicted octanol–water partition coefficient (Wildman–Crippen LogP) is 5.49. The summed E-state index contributed by atoms with van der Waals surface area (Å²) in [6, 6.07) is 14.4. The van der Waals surface area contributed by atoms with Gasteiger partial charge in [-0.05, 0) is 98.5 Å². The first kappa shape index (κ1) is 45.2. The molecule has 69 heavy (non-hydrogen) atoms. The number of rotatable bonds is 11. The number of fused-ring (bicyclic) bond motifs is 2. The number of thiazole rings is 1. The first-order valence-electron chi connectivity index (χ1n) is 23.8. The molecule has 19 heteroatoms. The van der Waals surface area contributed by atoms with E-state index >= 15 is 8.78 Å². The van der Waals surface area contributed by atoms with Gasteiger partial charge in [0, 0.05) is 104 Å². The number of likely N-dealkylation sites (tertiary alicyclic amines) is 1. The van der Waals surface area contributed by atoms with Gasteiger partial charge in [0.2, 0.25) is 23.6 Å². The van der Waals surface area contributed by atoms with Crippen LogP contribution in [0.2, 0.25) is 0 Å². The molecule has 6 aliphatic rings. The molecule has 6 aliphatic heterocycles. The largest absolute Gasteiger partial charge is 0.389 e. The van der Waals surface area contributed by atoms with Crippen molar-refractivity contribution in [2.45, 2.75) is 94.8 Å². The van der Waals surface area contributed by atoms with Crippen molar-refractivity contribution in [3.05, 3.63) is 107 Å². The van der Waals surface area contributed by atoms with Crippen LogP contribution in [0.4, 0.5) is 31.0 Å². The second kappa shape index (κ2) is 17.9. The van der Waals surface area contributed by atoms with E-state index in [1.807, 2.05) is 44.7 Å². The van der Waals surface area contributed by atoms with Crippen molar-refractivity contribution in [2.24, 2.45) is 5.41 Å². The second-order valence-electron chi connectivity index (χ2n) is 19.7. The van der Waals surface area contributed by atoms with Crippen molar-refractivity contribution in [1.82, 2.24) is 29.7 Å². The lowest BCUT2D eigenvalue weighted by molar-refractivity contribution is -0.151. The lowest BCUT2D eigenvalue weighted by Crippen LogP contribution is -2.62. The van der Waals surface area contributed by atoms with Gasteiger partial charge in [-0.1, -0.05) is 12.1 Å². The number of amides is 4. The van der Waals surface area contributed by atoms with Gasteiger partial charge in [0.1, 0.15) is 29.9 Å². The number of halogens is 2. The number of hydrogen-bond donors (Lipinski definition) is 5. The summed E-state index contributed by atoms with van der Waals surface area (Å²) in [4.78, 5) is 67.5. The third-order valence-corrected chi connectivity index (χ3v) is 16.0. The zero-order valence-corrected chi connectivity index (χ0v) is 38.8. The zero-order chi connectivity index (χ0) is 47.6. The van der Waals surface area contributed by atoms with Crippen LogP contribution in [0.25, 0.3) is 11.1 Å². The molecule has 5 N–H and O–H groups in total. The molecule has 5 aromatic rings. The minimum absolute atomic E-state index is 0.0244. The highest BCUT2D eigenvalue weighted by Crippen LogP contribution is 2.45. The van der Waals surface area contributed by atoms with Crippen molar-refractivity contribution >= 4 is 57.2 Å². The van der Waals surface area contributed by atoms with Crippen molar-refractivity contribution in [1.29, 1.82) is 0 Å².